The first kappa shape index (κ1) is 12.2. The van der Waals surface area contributed by atoms with E-state index < -0.39 is 11.9 Å². The molecule has 0 saturated heterocycles. The molecule has 1 atom stereocenters. The summed E-state index contributed by atoms with van der Waals surface area (Å²) in [5, 5.41) is 20.2. The molecule has 8 heteroatoms. The van der Waals surface area contributed by atoms with Gasteiger partial charge >= 0.3 is 5.97 Å². The number of halogens is 1. The van der Waals surface area contributed by atoms with Crippen LogP contribution in [0.1, 0.15) is 6.92 Å². The fraction of sp³-hybridized carbons (Fsp3) is 0.333. The Hall–Kier alpha value is -1.28. The summed E-state index contributed by atoms with van der Waals surface area (Å²) in [6, 6.07) is 3.79. The lowest BCUT2D eigenvalue weighted by Crippen LogP contribution is -2.18. The predicted octanol–water partition coefficient (Wildman–Crippen LogP) is 1.88. The van der Waals surface area contributed by atoms with Crippen molar-refractivity contribution in [3.05, 3.63) is 15.9 Å². The van der Waals surface area contributed by atoms with Crippen molar-refractivity contribution >= 4 is 33.2 Å². The zero-order valence-corrected chi connectivity index (χ0v) is 11.3. The number of carbonyl (C=O) groups is 1. The van der Waals surface area contributed by atoms with Gasteiger partial charge in [-0.05, 0) is 38.5 Å². The van der Waals surface area contributed by atoms with Gasteiger partial charge in [0.1, 0.15) is 0 Å². The first-order valence-electron chi connectivity index (χ1n) is 4.82. The SMILES string of the molecule is CC(Cn1nnnc1-c1ccc(Br)s1)C(=O)O. The van der Waals surface area contributed by atoms with Crippen LogP contribution in [0.2, 0.25) is 0 Å². The summed E-state index contributed by atoms with van der Waals surface area (Å²) in [7, 11) is 0. The Morgan fingerprint density at radius 2 is 2.41 bits per heavy atom. The van der Waals surface area contributed by atoms with Gasteiger partial charge in [0.15, 0.2) is 5.82 Å². The number of thiophene rings is 1. The Morgan fingerprint density at radius 1 is 1.65 bits per heavy atom. The van der Waals surface area contributed by atoms with Crippen LogP contribution in [0, 0.1) is 5.92 Å². The molecule has 0 fully saturated rings. The average Bonchev–Trinajstić information content (AvgIpc) is 2.86. The highest BCUT2D eigenvalue weighted by Gasteiger charge is 2.17. The van der Waals surface area contributed by atoms with E-state index in [1.54, 1.807) is 6.92 Å². The number of hydrogen-bond donors (Lipinski definition) is 1. The van der Waals surface area contributed by atoms with E-state index in [1.807, 2.05) is 12.1 Å². The predicted molar refractivity (Wildman–Crippen MR) is 65.6 cm³/mol. The number of aliphatic carboxylic acids is 1. The summed E-state index contributed by atoms with van der Waals surface area (Å²) in [4.78, 5) is 11.7. The minimum atomic E-state index is -0.862. The quantitative estimate of drug-likeness (QED) is 0.931. The Kier molecular flexibility index (Phi) is 3.53. The molecule has 6 nitrogen and oxygen atoms in total. The summed E-state index contributed by atoms with van der Waals surface area (Å²) < 4.78 is 2.49. The number of carboxylic acid groups (broad SMARTS) is 1. The molecule has 0 aromatic carbocycles. The van der Waals surface area contributed by atoms with Gasteiger partial charge in [-0.3, -0.25) is 4.79 Å². The fourth-order valence-electron chi connectivity index (χ4n) is 1.28. The second-order valence-electron chi connectivity index (χ2n) is 3.53. The first-order chi connectivity index (χ1) is 8.08. The van der Waals surface area contributed by atoms with Crippen molar-refractivity contribution in [2.75, 3.05) is 0 Å². The third-order valence-electron chi connectivity index (χ3n) is 2.19. The molecule has 2 heterocycles. The zero-order valence-electron chi connectivity index (χ0n) is 8.87. The van der Waals surface area contributed by atoms with E-state index >= 15 is 0 Å². The molecule has 0 aliphatic carbocycles. The molecule has 90 valence electrons. The normalized spacial score (nSPS) is 12.6. The summed E-state index contributed by atoms with van der Waals surface area (Å²) in [6.45, 7) is 1.88. The van der Waals surface area contributed by atoms with Crippen LogP contribution < -0.4 is 0 Å². The van der Waals surface area contributed by atoms with Gasteiger partial charge in [-0.2, -0.15) is 0 Å². The molecule has 2 rings (SSSR count). The van der Waals surface area contributed by atoms with Gasteiger partial charge in [-0.1, -0.05) is 6.92 Å². The van der Waals surface area contributed by atoms with Gasteiger partial charge in [0, 0.05) is 0 Å². The smallest absolute Gasteiger partial charge is 0.308 e. The van der Waals surface area contributed by atoms with Crippen LogP contribution >= 0.6 is 27.3 Å². The first-order valence-corrected chi connectivity index (χ1v) is 6.43. The van der Waals surface area contributed by atoms with Crippen molar-refractivity contribution in [1.82, 2.24) is 20.2 Å². The molecule has 0 aliphatic heterocycles. The summed E-state index contributed by atoms with van der Waals surface area (Å²) in [5.74, 6) is -0.798. The van der Waals surface area contributed by atoms with Crippen molar-refractivity contribution in [3.63, 3.8) is 0 Å². The highest BCUT2D eigenvalue weighted by Crippen LogP contribution is 2.29. The number of carboxylic acids is 1. The van der Waals surface area contributed by atoms with Crippen molar-refractivity contribution in [3.8, 4) is 10.7 Å². The summed E-state index contributed by atoms with van der Waals surface area (Å²) in [6.07, 6.45) is 0. The lowest BCUT2D eigenvalue weighted by atomic mass is 10.2. The Morgan fingerprint density at radius 3 is 3.00 bits per heavy atom. The van der Waals surface area contributed by atoms with Crippen molar-refractivity contribution in [2.45, 2.75) is 13.5 Å². The van der Waals surface area contributed by atoms with Crippen LogP contribution in [0.25, 0.3) is 10.7 Å². The molecule has 1 unspecified atom stereocenters. The zero-order chi connectivity index (χ0) is 12.4. The number of hydrogen-bond acceptors (Lipinski definition) is 5. The van der Waals surface area contributed by atoms with E-state index in [2.05, 4.69) is 31.5 Å². The molecule has 0 radical (unpaired) electrons. The molecule has 0 aliphatic rings. The third kappa shape index (κ3) is 2.70. The lowest BCUT2D eigenvalue weighted by molar-refractivity contribution is -0.141. The molecular formula is C9H9BrN4O2S. The summed E-state index contributed by atoms with van der Waals surface area (Å²) >= 11 is 4.86. The standard InChI is InChI=1S/C9H9BrN4O2S/c1-5(9(15)16)4-14-8(11-12-13-14)6-2-3-7(10)17-6/h2-3,5H,4H2,1H3,(H,15,16). The van der Waals surface area contributed by atoms with E-state index in [0.717, 1.165) is 8.66 Å². The van der Waals surface area contributed by atoms with E-state index in [9.17, 15) is 4.79 Å². The Labute approximate surface area is 109 Å². The molecule has 2 aromatic heterocycles. The lowest BCUT2D eigenvalue weighted by Gasteiger charge is -2.06. The van der Waals surface area contributed by atoms with Gasteiger partial charge in [0.25, 0.3) is 0 Å². The number of tetrazole rings is 1. The largest absolute Gasteiger partial charge is 0.481 e. The maximum absolute atomic E-state index is 10.8. The second kappa shape index (κ2) is 4.92. The topological polar surface area (TPSA) is 80.9 Å². The van der Waals surface area contributed by atoms with Gasteiger partial charge in [-0.25, -0.2) is 4.68 Å². The average molecular weight is 317 g/mol. The maximum Gasteiger partial charge on any atom is 0.308 e. The van der Waals surface area contributed by atoms with Gasteiger partial charge < -0.3 is 5.11 Å². The molecule has 1 N–H and O–H groups in total. The maximum atomic E-state index is 10.8. The van der Waals surface area contributed by atoms with Crippen LogP contribution in [0.4, 0.5) is 0 Å². The Balaban J connectivity index is 2.26. The molecule has 0 spiro atoms. The molecule has 17 heavy (non-hydrogen) atoms. The highest BCUT2D eigenvalue weighted by atomic mass is 79.9. The van der Waals surface area contributed by atoms with Crippen molar-refractivity contribution in [2.24, 2.45) is 5.92 Å². The van der Waals surface area contributed by atoms with Gasteiger partial charge in [-0.15, -0.1) is 16.4 Å². The van der Waals surface area contributed by atoms with Gasteiger partial charge in [0.05, 0.1) is 21.1 Å². The van der Waals surface area contributed by atoms with E-state index in [4.69, 9.17) is 5.11 Å². The van der Waals surface area contributed by atoms with Crippen molar-refractivity contribution < 1.29 is 9.90 Å². The molecule has 0 saturated carbocycles. The fourth-order valence-corrected chi connectivity index (χ4v) is 2.65. The molecule has 0 amide bonds. The number of aromatic nitrogens is 4. The highest BCUT2D eigenvalue weighted by molar-refractivity contribution is 9.11. The second-order valence-corrected chi connectivity index (χ2v) is 5.99. The molecule has 0 bridgehead atoms. The van der Waals surface area contributed by atoms with Gasteiger partial charge in [0.2, 0.25) is 0 Å². The van der Waals surface area contributed by atoms with Crippen LogP contribution in [0.15, 0.2) is 15.9 Å². The number of rotatable bonds is 4. The minimum absolute atomic E-state index is 0.257. The van der Waals surface area contributed by atoms with Crippen molar-refractivity contribution in [1.29, 1.82) is 0 Å². The summed E-state index contributed by atoms with van der Waals surface area (Å²) in [5.41, 5.74) is 0. The van der Waals surface area contributed by atoms with Crippen LogP contribution in [-0.4, -0.2) is 31.3 Å². The van der Waals surface area contributed by atoms with Crippen LogP contribution in [0.3, 0.4) is 0 Å². The minimum Gasteiger partial charge on any atom is -0.481 e. The van der Waals surface area contributed by atoms with E-state index in [-0.39, 0.29) is 6.54 Å². The third-order valence-corrected chi connectivity index (χ3v) is 3.81. The van der Waals surface area contributed by atoms with E-state index in [0.29, 0.717) is 5.82 Å². The Bertz CT molecular complexity index is 539. The van der Waals surface area contributed by atoms with E-state index in [1.165, 1.54) is 16.0 Å². The monoisotopic (exact) mass is 316 g/mol. The van der Waals surface area contributed by atoms with Crippen LogP contribution in [0.5, 0.6) is 0 Å². The molecular weight excluding hydrogens is 308 g/mol. The van der Waals surface area contributed by atoms with Crippen LogP contribution in [-0.2, 0) is 11.3 Å². The molecule has 2 aromatic rings. The number of nitrogens with zero attached hydrogens (tertiary/aromatic N) is 4.